The molecule has 1 saturated heterocycles. The molecule has 0 radical (unpaired) electrons. The van der Waals surface area contributed by atoms with Crippen LogP contribution in [0, 0.1) is 12.8 Å². The second kappa shape index (κ2) is 5.86. The fourth-order valence-electron chi connectivity index (χ4n) is 2.28. The molecule has 0 saturated carbocycles. The monoisotopic (exact) mass is 265 g/mol. The van der Waals surface area contributed by atoms with E-state index in [0.29, 0.717) is 19.6 Å². The lowest BCUT2D eigenvalue weighted by Crippen LogP contribution is -2.42. The first-order valence-corrected chi connectivity index (χ1v) is 6.51. The summed E-state index contributed by atoms with van der Waals surface area (Å²) in [4.78, 5) is 25.0. The number of rotatable bonds is 3. The highest BCUT2D eigenvalue weighted by Crippen LogP contribution is 2.17. The Kier molecular flexibility index (Phi) is 4.19. The third kappa shape index (κ3) is 3.56. The summed E-state index contributed by atoms with van der Waals surface area (Å²) in [7, 11) is 0. The molecule has 1 aliphatic rings. The van der Waals surface area contributed by atoms with Gasteiger partial charge in [-0.15, -0.1) is 0 Å². The van der Waals surface area contributed by atoms with E-state index in [1.165, 1.54) is 0 Å². The van der Waals surface area contributed by atoms with E-state index in [4.69, 9.17) is 4.52 Å². The zero-order valence-electron chi connectivity index (χ0n) is 11.3. The minimum atomic E-state index is -0.0106. The lowest BCUT2D eigenvalue weighted by atomic mass is 9.96. The Morgan fingerprint density at radius 1 is 1.47 bits per heavy atom. The van der Waals surface area contributed by atoms with Crippen LogP contribution in [-0.4, -0.2) is 35.0 Å². The van der Waals surface area contributed by atoms with Gasteiger partial charge in [-0.05, 0) is 19.8 Å². The molecule has 0 spiro atoms. The van der Waals surface area contributed by atoms with Crippen LogP contribution in [0.2, 0.25) is 0 Å². The number of piperidine rings is 1. The molecule has 1 fully saturated rings. The Morgan fingerprint density at radius 3 is 2.68 bits per heavy atom. The normalized spacial score (nSPS) is 16.4. The molecule has 6 heteroatoms. The number of aromatic nitrogens is 1. The summed E-state index contributed by atoms with van der Waals surface area (Å²) in [6.07, 6.45) is 1.45. The first kappa shape index (κ1) is 13.6. The van der Waals surface area contributed by atoms with Crippen LogP contribution in [-0.2, 0) is 16.1 Å². The standard InChI is InChI=1S/C13H19N3O3/c1-9-7-12(15-19-9)8-14-13(18)11-3-5-16(6-4-11)10(2)17/h7,11H,3-6,8H2,1-2H3,(H,14,18). The Bertz CT molecular complexity index is 461. The molecule has 1 aromatic heterocycles. The largest absolute Gasteiger partial charge is 0.361 e. The summed E-state index contributed by atoms with van der Waals surface area (Å²) < 4.78 is 4.94. The van der Waals surface area contributed by atoms with E-state index >= 15 is 0 Å². The smallest absolute Gasteiger partial charge is 0.223 e. The topological polar surface area (TPSA) is 75.4 Å². The van der Waals surface area contributed by atoms with Crippen LogP contribution in [0.1, 0.15) is 31.2 Å². The maximum Gasteiger partial charge on any atom is 0.223 e. The van der Waals surface area contributed by atoms with Crippen molar-refractivity contribution in [2.24, 2.45) is 5.92 Å². The Hall–Kier alpha value is -1.85. The van der Waals surface area contributed by atoms with E-state index in [9.17, 15) is 9.59 Å². The number of nitrogens with one attached hydrogen (secondary N) is 1. The number of aryl methyl sites for hydroxylation is 1. The summed E-state index contributed by atoms with van der Waals surface area (Å²) in [6, 6.07) is 1.80. The number of hydrogen-bond donors (Lipinski definition) is 1. The zero-order chi connectivity index (χ0) is 13.8. The Morgan fingerprint density at radius 2 is 2.16 bits per heavy atom. The summed E-state index contributed by atoms with van der Waals surface area (Å²) in [6.45, 7) is 5.10. The van der Waals surface area contributed by atoms with Gasteiger partial charge < -0.3 is 14.7 Å². The number of amides is 2. The molecule has 19 heavy (non-hydrogen) atoms. The van der Waals surface area contributed by atoms with E-state index in [2.05, 4.69) is 10.5 Å². The second-order valence-electron chi connectivity index (χ2n) is 4.93. The van der Waals surface area contributed by atoms with Gasteiger partial charge in [0.05, 0.1) is 6.54 Å². The van der Waals surface area contributed by atoms with Crippen molar-refractivity contribution in [3.05, 3.63) is 17.5 Å². The quantitative estimate of drug-likeness (QED) is 0.879. The van der Waals surface area contributed by atoms with Gasteiger partial charge in [-0.3, -0.25) is 9.59 Å². The highest BCUT2D eigenvalue weighted by molar-refractivity contribution is 5.79. The maximum absolute atomic E-state index is 12.0. The molecule has 0 aromatic carbocycles. The molecular formula is C13H19N3O3. The Labute approximate surface area is 112 Å². The molecule has 0 bridgehead atoms. The third-order valence-corrected chi connectivity index (χ3v) is 3.43. The van der Waals surface area contributed by atoms with Crippen LogP contribution in [0.25, 0.3) is 0 Å². The summed E-state index contributed by atoms with van der Waals surface area (Å²) in [5.41, 5.74) is 0.729. The fraction of sp³-hybridized carbons (Fsp3) is 0.615. The van der Waals surface area contributed by atoms with Crippen molar-refractivity contribution in [3.63, 3.8) is 0 Å². The molecule has 1 aliphatic heterocycles. The summed E-state index contributed by atoms with van der Waals surface area (Å²) >= 11 is 0. The number of carbonyl (C=O) groups excluding carboxylic acids is 2. The lowest BCUT2D eigenvalue weighted by molar-refractivity contribution is -0.134. The number of likely N-dealkylation sites (tertiary alicyclic amines) is 1. The number of carbonyl (C=O) groups is 2. The van der Waals surface area contributed by atoms with Crippen molar-refractivity contribution in [3.8, 4) is 0 Å². The van der Waals surface area contributed by atoms with Gasteiger partial charge in [-0.25, -0.2) is 0 Å². The third-order valence-electron chi connectivity index (χ3n) is 3.43. The van der Waals surface area contributed by atoms with Gasteiger partial charge in [0.15, 0.2) is 0 Å². The zero-order valence-corrected chi connectivity index (χ0v) is 11.3. The highest BCUT2D eigenvalue weighted by Gasteiger charge is 2.25. The van der Waals surface area contributed by atoms with Crippen molar-refractivity contribution in [1.29, 1.82) is 0 Å². The maximum atomic E-state index is 12.0. The predicted octanol–water partition coefficient (Wildman–Crippen LogP) is 0.858. The van der Waals surface area contributed by atoms with Crippen molar-refractivity contribution in [2.45, 2.75) is 33.2 Å². The lowest BCUT2D eigenvalue weighted by Gasteiger charge is -2.30. The molecule has 0 atom stereocenters. The second-order valence-corrected chi connectivity index (χ2v) is 4.93. The highest BCUT2D eigenvalue weighted by atomic mass is 16.5. The van der Waals surface area contributed by atoms with E-state index in [1.54, 1.807) is 17.9 Å². The molecule has 2 heterocycles. The molecule has 2 amide bonds. The fourth-order valence-corrected chi connectivity index (χ4v) is 2.28. The molecule has 1 aromatic rings. The van der Waals surface area contributed by atoms with Gasteiger partial charge in [0.2, 0.25) is 11.8 Å². The van der Waals surface area contributed by atoms with Gasteiger partial charge in [0.25, 0.3) is 0 Å². The minimum Gasteiger partial charge on any atom is -0.361 e. The van der Waals surface area contributed by atoms with Crippen molar-refractivity contribution in [2.75, 3.05) is 13.1 Å². The van der Waals surface area contributed by atoms with E-state index in [-0.39, 0.29) is 17.7 Å². The first-order chi connectivity index (χ1) is 9.06. The average Bonchev–Trinajstić information content (AvgIpc) is 2.82. The van der Waals surface area contributed by atoms with Crippen molar-refractivity contribution < 1.29 is 14.1 Å². The molecule has 0 unspecified atom stereocenters. The van der Waals surface area contributed by atoms with Crippen LogP contribution >= 0.6 is 0 Å². The van der Waals surface area contributed by atoms with Crippen LogP contribution < -0.4 is 5.32 Å². The van der Waals surface area contributed by atoms with E-state index in [0.717, 1.165) is 24.3 Å². The molecule has 6 nitrogen and oxygen atoms in total. The SMILES string of the molecule is CC(=O)N1CCC(C(=O)NCc2cc(C)on2)CC1. The van der Waals surface area contributed by atoms with Gasteiger partial charge in [0, 0.05) is 32.0 Å². The minimum absolute atomic E-state index is 0.0106. The van der Waals surface area contributed by atoms with Crippen LogP contribution in [0.15, 0.2) is 10.6 Å². The molecular weight excluding hydrogens is 246 g/mol. The number of nitrogens with zero attached hydrogens (tertiary/aromatic N) is 2. The average molecular weight is 265 g/mol. The van der Waals surface area contributed by atoms with Crippen LogP contribution in [0.3, 0.4) is 0 Å². The Balaban J connectivity index is 1.77. The molecule has 2 rings (SSSR count). The molecule has 1 N–H and O–H groups in total. The first-order valence-electron chi connectivity index (χ1n) is 6.51. The van der Waals surface area contributed by atoms with Gasteiger partial charge >= 0.3 is 0 Å². The van der Waals surface area contributed by atoms with Gasteiger partial charge in [-0.1, -0.05) is 5.16 Å². The van der Waals surface area contributed by atoms with Gasteiger partial charge in [0.1, 0.15) is 11.5 Å². The van der Waals surface area contributed by atoms with Crippen LogP contribution in [0.4, 0.5) is 0 Å². The van der Waals surface area contributed by atoms with E-state index in [1.807, 2.05) is 6.92 Å². The van der Waals surface area contributed by atoms with E-state index < -0.39 is 0 Å². The van der Waals surface area contributed by atoms with Crippen LogP contribution in [0.5, 0.6) is 0 Å². The number of hydrogen-bond acceptors (Lipinski definition) is 4. The van der Waals surface area contributed by atoms with Crippen molar-refractivity contribution >= 4 is 11.8 Å². The van der Waals surface area contributed by atoms with Gasteiger partial charge in [-0.2, -0.15) is 0 Å². The predicted molar refractivity (Wildman–Crippen MR) is 68.1 cm³/mol. The molecule has 104 valence electrons. The molecule has 0 aliphatic carbocycles. The summed E-state index contributed by atoms with van der Waals surface area (Å²) in [5.74, 6) is 0.836. The van der Waals surface area contributed by atoms with Crippen molar-refractivity contribution in [1.82, 2.24) is 15.4 Å². The summed E-state index contributed by atoms with van der Waals surface area (Å²) in [5, 5.41) is 6.69.